The third-order valence-electron chi connectivity index (χ3n) is 3.02. The van der Waals surface area contributed by atoms with E-state index >= 15 is 0 Å². The Hall–Kier alpha value is -1.69. The summed E-state index contributed by atoms with van der Waals surface area (Å²) in [4.78, 5) is 16.7. The minimum Gasteiger partial charge on any atom is -0.355 e. The van der Waals surface area contributed by atoms with Gasteiger partial charge in [-0.3, -0.25) is 10.1 Å². The number of piperidine rings is 1. The van der Waals surface area contributed by atoms with Gasteiger partial charge >= 0.3 is 0 Å². The van der Waals surface area contributed by atoms with Crippen molar-refractivity contribution in [3.63, 3.8) is 0 Å². The highest BCUT2D eigenvalue weighted by Crippen LogP contribution is 2.22. The second-order valence-electron chi connectivity index (χ2n) is 4.38. The molecule has 0 aliphatic carbocycles. The molecule has 1 aromatic rings. The van der Waals surface area contributed by atoms with Gasteiger partial charge in [-0.25, -0.2) is 4.98 Å². The van der Waals surface area contributed by atoms with E-state index in [9.17, 15) is 10.1 Å². The van der Waals surface area contributed by atoms with Crippen molar-refractivity contribution in [2.45, 2.75) is 25.8 Å². The Morgan fingerprint density at radius 1 is 1.59 bits per heavy atom. The number of rotatable bonds is 2. The zero-order chi connectivity index (χ0) is 12.4. The van der Waals surface area contributed by atoms with E-state index < -0.39 is 4.92 Å². The van der Waals surface area contributed by atoms with Gasteiger partial charge in [0.15, 0.2) is 0 Å². The van der Waals surface area contributed by atoms with Gasteiger partial charge in [-0.2, -0.15) is 0 Å². The highest BCUT2D eigenvalue weighted by molar-refractivity contribution is 5.47. The molecular weight excluding hydrogens is 220 g/mol. The number of nitro groups is 1. The summed E-state index contributed by atoms with van der Waals surface area (Å²) >= 11 is 0. The maximum atomic E-state index is 10.7. The molecule has 92 valence electrons. The molecular formula is C11H16N4O2. The van der Waals surface area contributed by atoms with E-state index in [1.54, 1.807) is 13.0 Å². The molecule has 2 heterocycles. The molecule has 1 aliphatic heterocycles. The van der Waals surface area contributed by atoms with Crippen LogP contribution < -0.4 is 10.6 Å². The zero-order valence-corrected chi connectivity index (χ0v) is 9.80. The minimum absolute atomic E-state index is 0.0649. The Morgan fingerprint density at radius 2 is 2.35 bits per heavy atom. The van der Waals surface area contributed by atoms with Crippen molar-refractivity contribution in [1.29, 1.82) is 0 Å². The lowest BCUT2D eigenvalue weighted by atomic mass is 10.1. The fourth-order valence-electron chi connectivity index (χ4n) is 2.13. The number of aromatic nitrogens is 1. The molecule has 1 aliphatic rings. The lowest BCUT2D eigenvalue weighted by Gasteiger charge is -2.31. The fraction of sp³-hybridized carbons (Fsp3) is 0.545. The van der Waals surface area contributed by atoms with Crippen molar-refractivity contribution in [2.24, 2.45) is 5.73 Å². The summed E-state index contributed by atoms with van der Waals surface area (Å²) in [6.45, 7) is 3.34. The first-order valence-corrected chi connectivity index (χ1v) is 5.70. The van der Waals surface area contributed by atoms with Gasteiger partial charge < -0.3 is 10.6 Å². The molecule has 6 heteroatoms. The average molecular weight is 236 g/mol. The molecule has 0 spiro atoms. The summed E-state index contributed by atoms with van der Waals surface area (Å²) in [7, 11) is 0. The van der Waals surface area contributed by atoms with Gasteiger partial charge in [0.25, 0.3) is 5.69 Å². The Morgan fingerprint density at radius 3 is 2.94 bits per heavy atom. The third kappa shape index (κ3) is 2.52. The van der Waals surface area contributed by atoms with Crippen LogP contribution in [0.3, 0.4) is 0 Å². The maximum Gasteiger partial charge on any atom is 0.290 e. The number of hydrogen-bond donors (Lipinski definition) is 1. The SMILES string of the molecule is Cc1nc(N2CCCC(N)C2)ccc1[N+](=O)[O-]. The molecule has 0 aromatic carbocycles. The van der Waals surface area contributed by atoms with Gasteiger partial charge in [0.05, 0.1) is 4.92 Å². The van der Waals surface area contributed by atoms with Crippen LogP contribution in [0.15, 0.2) is 12.1 Å². The Kier molecular flexibility index (Phi) is 3.23. The summed E-state index contributed by atoms with van der Waals surface area (Å²) in [5, 5.41) is 10.7. The summed E-state index contributed by atoms with van der Waals surface area (Å²) in [5.41, 5.74) is 6.42. The summed E-state index contributed by atoms with van der Waals surface area (Å²) in [6, 6.07) is 3.38. The van der Waals surface area contributed by atoms with Crippen LogP contribution in [-0.4, -0.2) is 29.0 Å². The van der Waals surface area contributed by atoms with Crippen LogP contribution in [-0.2, 0) is 0 Å². The quantitative estimate of drug-likeness (QED) is 0.616. The van der Waals surface area contributed by atoms with E-state index in [1.807, 2.05) is 0 Å². The predicted molar refractivity (Wildman–Crippen MR) is 65.1 cm³/mol. The summed E-state index contributed by atoms with van der Waals surface area (Å²) < 4.78 is 0. The van der Waals surface area contributed by atoms with Crippen LogP contribution in [0.25, 0.3) is 0 Å². The van der Waals surface area contributed by atoms with E-state index in [1.165, 1.54) is 6.07 Å². The van der Waals surface area contributed by atoms with Gasteiger partial charge in [-0.15, -0.1) is 0 Å². The fourth-order valence-corrected chi connectivity index (χ4v) is 2.13. The second kappa shape index (κ2) is 4.67. The van der Waals surface area contributed by atoms with Crippen LogP contribution in [0.5, 0.6) is 0 Å². The molecule has 1 unspecified atom stereocenters. The first kappa shape index (κ1) is 11.8. The van der Waals surface area contributed by atoms with Crippen LogP contribution in [0, 0.1) is 17.0 Å². The summed E-state index contributed by atoms with van der Waals surface area (Å²) in [6.07, 6.45) is 2.07. The van der Waals surface area contributed by atoms with Gasteiger partial charge in [0.2, 0.25) is 0 Å². The normalized spacial score (nSPS) is 20.4. The highest BCUT2D eigenvalue weighted by atomic mass is 16.6. The van der Waals surface area contributed by atoms with Crippen LogP contribution >= 0.6 is 0 Å². The number of nitrogens with zero attached hydrogens (tertiary/aromatic N) is 3. The van der Waals surface area contributed by atoms with E-state index in [2.05, 4.69) is 9.88 Å². The lowest BCUT2D eigenvalue weighted by Crippen LogP contribution is -2.43. The third-order valence-corrected chi connectivity index (χ3v) is 3.02. The van der Waals surface area contributed by atoms with Crippen molar-refractivity contribution in [3.05, 3.63) is 27.9 Å². The van der Waals surface area contributed by atoms with E-state index in [-0.39, 0.29) is 11.7 Å². The van der Waals surface area contributed by atoms with Crippen molar-refractivity contribution >= 4 is 11.5 Å². The number of nitrogens with two attached hydrogens (primary N) is 1. The molecule has 17 heavy (non-hydrogen) atoms. The minimum atomic E-state index is -0.409. The molecule has 2 N–H and O–H groups in total. The standard InChI is InChI=1S/C11H16N4O2/c1-8-10(15(16)17)4-5-11(13-8)14-6-2-3-9(12)7-14/h4-5,9H,2-3,6-7,12H2,1H3. The molecule has 1 saturated heterocycles. The monoisotopic (exact) mass is 236 g/mol. The molecule has 0 saturated carbocycles. The molecule has 1 fully saturated rings. The van der Waals surface area contributed by atoms with Crippen LogP contribution in [0.4, 0.5) is 11.5 Å². The van der Waals surface area contributed by atoms with Crippen molar-refractivity contribution in [2.75, 3.05) is 18.0 Å². The van der Waals surface area contributed by atoms with Crippen LogP contribution in [0.1, 0.15) is 18.5 Å². The molecule has 0 amide bonds. The van der Waals surface area contributed by atoms with Gasteiger partial charge in [0, 0.05) is 25.2 Å². The van der Waals surface area contributed by atoms with Crippen molar-refractivity contribution in [1.82, 2.24) is 4.98 Å². The highest BCUT2D eigenvalue weighted by Gasteiger charge is 2.20. The van der Waals surface area contributed by atoms with E-state index in [0.29, 0.717) is 5.69 Å². The number of anilines is 1. The Bertz CT molecular complexity index is 435. The largest absolute Gasteiger partial charge is 0.355 e. The number of pyridine rings is 1. The van der Waals surface area contributed by atoms with Crippen LogP contribution in [0.2, 0.25) is 0 Å². The lowest BCUT2D eigenvalue weighted by molar-refractivity contribution is -0.385. The first-order valence-electron chi connectivity index (χ1n) is 5.70. The van der Waals surface area contributed by atoms with E-state index in [0.717, 1.165) is 31.7 Å². The predicted octanol–water partition coefficient (Wildman–Crippen LogP) is 1.23. The molecule has 1 aromatic heterocycles. The second-order valence-corrected chi connectivity index (χ2v) is 4.38. The van der Waals surface area contributed by atoms with Gasteiger partial charge in [-0.1, -0.05) is 0 Å². The molecule has 0 radical (unpaired) electrons. The number of hydrogen-bond acceptors (Lipinski definition) is 5. The average Bonchev–Trinajstić information content (AvgIpc) is 2.28. The first-order chi connectivity index (χ1) is 8.08. The van der Waals surface area contributed by atoms with Gasteiger partial charge in [-0.05, 0) is 25.8 Å². The molecule has 2 rings (SSSR count). The zero-order valence-electron chi connectivity index (χ0n) is 9.80. The topological polar surface area (TPSA) is 85.3 Å². The van der Waals surface area contributed by atoms with Crippen molar-refractivity contribution < 1.29 is 4.92 Å². The Balaban J connectivity index is 2.22. The number of aryl methyl sites for hydroxylation is 1. The van der Waals surface area contributed by atoms with E-state index in [4.69, 9.17) is 5.73 Å². The summed E-state index contributed by atoms with van der Waals surface area (Å²) in [5.74, 6) is 0.781. The smallest absolute Gasteiger partial charge is 0.290 e. The molecule has 0 bridgehead atoms. The molecule has 1 atom stereocenters. The maximum absolute atomic E-state index is 10.7. The molecule has 6 nitrogen and oxygen atoms in total. The Labute approximate surface area is 99.6 Å². The van der Waals surface area contributed by atoms with Crippen molar-refractivity contribution in [3.8, 4) is 0 Å². The van der Waals surface area contributed by atoms with Gasteiger partial charge in [0.1, 0.15) is 11.5 Å².